The number of unbranched alkanes of at least 4 members (excludes halogenated alkanes) is 5. The van der Waals surface area contributed by atoms with Gasteiger partial charge in [-0.2, -0.15) is 5.26 Å². The topological polar surface area (TPSA) is 45.9 Å². The van der Waals surface area contributed by atoms with E-state index >= 15 is 0 Å². The van der Waals surface area contributed by atoms with Gasteiger partial charge in [-0.15, -0.1) is 0 Å². The number of hydrogen-bond acceptors (Lipinski definition) is 3. The van der Waals surface area contributed by atoms with Crippen molar-refractivity contribution in [3.63, 3.8) is 0 Å². The molecule has 0 saturated carbocycles. The molecule has 1 aromatic heterocycles. The summed E-state index contributed by atoms with van der Waals surface area (Å²) in [6.45, 7) is 2.98. The van der Waals surface area contributed by atoms with Crippen LogP contribution in [0.3, 0.4) is 0 Å². The molecule has 0 aliphatic carbocycles. The van der Waals surface area contributed by atoms with Crippen LogP contribution in [0.4, 0.5) is 0 Å². The lowest BCUT2D eigenvalue weighted by molar-refractivity contribution is 0.304. The minimum atomic E-state index is 0.638. The Labute approximate surface area is 186 Å². The number of pyridine rings is 1. The number of nitriles is 1. The standard InChI is InChI=1S/C28H30N2O/c1-2-3-4-5-6-7-20-31-28-14-12-25(13-15-28)27(22-29)21-23-8-10-24(11-9-23)26-16-18-30-19-17-26/h8-19,21H,2-7,20H2,1H3/b27-21+. The van der Waals surface area contributed by atoms with Crippen LogP contribution in [0.25, 0.3) is 22.8 Å². The first-order valence-electron chi connectivity index (χ1n) is 11.2. The number of allylic oxidation sites excluding steroid dienone is 1. The molecular formula is C28H30N2O. The molecule has 0 aliphatic heterocycles. The van der Waals surface area contributed by atoms with E-state index in [1.165, 1.54) is 32.1 Å². The average Bonchev–Trinajstić information content (AvgIpc) is 2.83. The predicted molar refractivity (Wildman–Crippen MR) is 128 cm³/mol. The summed E-state index contributed by atoms with van der Waals surface area (Å²) in [6.07, 6.45) is 13.0. The van der Waals surface area contributed by atoms with E-state index in [-0.39, 0.29) is 0 Å². The number of rotatable bonds is 11. The molecule has 0 unspecified atom stereocenters. The van der Waals surface area contributed by atoms with E-state index in [0.29, 0.717) is 5.57 Å². The maximum atomic E-state index is 9.65. The molecule has 3 aromatic rings. The van der Waals surface area contributed by atoms with Gasteiger partial charge in [-0.05, 0) is 71.1 Å². The normalized spacial score (nSPS) is 11.2. The third-order valence-electron chi connectivity index (χ3n) is 5.29. The van der Waals surface area contributed by atoms with Crippen LogP contribution in [0.1, 0.15) is 56.6 Å². The molecule has 2 aromatic carbocycles. The Balaban J connectivity index is 1.57. The zero-order chi connectivity index (χ0) is 21.7. The molecule has 158 valence electrons. The Kier molecular flexibility index (Phi) is 8.88. The molecule has 0 radical (unpaired) electrons. The second-order valence-corrected chi connectivity index (χ2v) is 7.67. The van der Waals surface area contributed by atoms with Crippen molar-refractivity contribution in [1.29, 1.82) is 5.26 Å². The fourth-order valence-corrected chi connectivity index (χ4v) is 3.47. The predicted octanol–water partition coefficient (Wildman–Crippen LogP) is 7.55. The number of ether oxygens (including phenoxy) is 1. The molecule has 3 rings (SSSR count). The highest BCUT2D eigenvalue weighted by molar-refractivity contribution is 5.89. The fourth-order valence-electron chi connectivity index (χ4n) is 3.47. The van der Waals surface area contributed by atoms with Gasteiger partial charge in [0.05, 0.1) is 18.2 Å². The Hall–Kier alpha value is -3.38. The molecule has 0 N–H and O–H groups in total. The highest BCUT2D eigenvalue weighted by Gasteiger charge is 2.03. The molecule has 0 saturated heterocycles. The van der Waals surface area contributed by atoms with Crippen molar-refractivity contribution in [3.05, 3.63) is 84.2 Å². The summed E-state index contributed by atoms with van der Waals surface area (Å²) in [7, 11) is 0. The average molecular weight is 411 g/mol. The van der Waals surface area contributed by atoms with E-state index in [0.717, 1.165) is 41.0 Å². The van der Waals surface area contributed by atoms with Gasteiger partial charge in [-0.1, -0.05) is 63.3 Å². The van der Waals surface area contributed by atoms with Crippen molar-refractivity contribution in [3.8, 4) is 22.9 Å². The van der Waals surface area contributed by atoms with Crippen LogP contribution in [0.5, 0.6) is 5.75 Å². The van der Waals surface area contributed by atoms with Crippen LogP contribution in [0.15, 0.2) is 73.1 Å². The van der Waals surface area contributed by atoms with E-state index < -0.39 is 0 Å². The van der Waals surface area contributed by atoms with E-state index in [9.17, 15) is 5.26 Å². The Bertz CT molecular complexity index is 984. The lowest BCUT2D eigenvalue weighted by Gasteiger charge is -2.07. The molecule has 3 nitrogen and oxygen atoms in total. The highest BCUT2D eigenvalue weighted by atomic mass is 16.5. The highest BCUT2D eigenvalue weighted by Crippen LogP contribution is 2.23. The van der Waals surface area contributed by atoms with Gasteiger partial charge in [0.2, 0.25) is 0 Å². The summed E-state index contributed by atoms with van der Waals surface area (Å²) in [5.74, 6) is 0.858. The van der Waals surface area contributed by atoms with Crippen LogP contribution in [0.2, 0.25) is 0 Å². The van der Waals surface area contributed by atoms with Crippen LogP contribution in [-0.4, -0.2) is 11.6 Å². The SMILES string of the molecule is CCCCCCCCOc1ccc(/C(C#N)=C/c2ccc(-c3ccncc3)cc2)cc1. The second-order valence-electron chi connectivity index (χ2n) is 7.67. The lowest BCUT2D eigenvalue weighted by atomic mass is 10.0. The number of nitrogens with zero attached hydrogens (tertiary/aromatic N) is 2. The fraction of sp³-hybridized carbons (Fsp3) is 0.286. The van der Waals surface area contributed by atoms with Crippen LogP contribution >= 0.6 is 0 Å². The van der Waals surface area contributed by atoms with Crippen molar-refractivity contribution in [2.45, 2.75) is 45.4 Å². The van der Waals surface area contributed by atoms with Gasteiger partial charge >= 0.3 is 0 Å². The van der Waals surface area contributed by atoms with Gasteiger partial charge in [-0.25, -0.2) is 0 Å². The summed E-state index contributed by atoms with van der Waals surface area (Å²) in [6, 6.07) is 22.3. The largest absolute Gasteiger partial charge is 0.494 e. The van der Waals surface area contributed by atoms with Gasteiger partial charge in [0.25, 0.3) is 0 Å². The third kappa shape index (κ3) is 7.12. The lowest BCUT2D eigenvalue weighted by Crippen LogP contribution is -1.97. The Morgan fingerprint density at radius 1 is 0.839 bits per heavy atom. The molecule has 0 amide bonds. The molecule has 0 spiro atoms. The summed E-state index contributed by atoms with van der Waals surface area (Å²) in [5, 5.41) is 9.65. The molecule has 31 heavy (non-hydrogen) atoms. The Morgan fingerprint density at radius 2 is 1.48 bits per heavy atom. The first-order chi connectivity index (χ1) is 15.3. The zero-order valence-corrected chi connectivity index (χ0v) is 18.3. The van der Waals surface area contributed by atoms with Crippen molar-refractivity contribution in [2.75, 3.05) is 6.61 Å². The molecule has 0 bridgehead atoms. The van der Waals surface area contributed by atoms with Gasteiger partial charge in [0.1, 0.15) is 5.75 Å². The summed E-state index contributed by atoms with van der Waals surface area (Å²) < 4.78 is 5.85. The minimum Gasteiger partial charge on any atom is -0.494 e. The summed E-state index contributed by atoms with van der Waals surface area (Å²) in [4.78, 5) is 4.06. The van der Waals surface area contributed by atoms with Gasteiger partial charge < -0.3 is 4.74 Å². The van der Waals surface area contributed by atoms with Crippen LogP contribution in [-0.2, 0) is 0 Å². The zero-order valence-electron chi connectivity index (χ0n) is 18.3. The number of benzene rings is 2. The molecule has 0 fully saturated rings. The van der Waals surface area contributed by atoms with E-state index in [1.807, 2.05) is 54.6 Å². The van der Waals surface area contributed by atoms with Crippen molar-refractivity contribution < 1.29 is 4.74 Å². The van der Waals surface area contributed by atoms with Gasteiger partial charge in [0, 0.05) is 12.4 Å². The molecule has 0 atom stereocenters. The first kappa shape index (κ1) is 22.3. The van der Waals surface area contributed by atoms with Gasteiger partial charge in [0.15, 0.2) is 0 Å². The Morgan fingerprint density at radius 3 is 2.16 bits per heavy atom. The van der Waals surface area contributed by atoms with Gasteiger partial charge in [-0.3, -0.25) is 4.98 Å². The first-order valence-corrected chi connectivity index (χ1v) is 11.2. The molecular weight excluding hydrogens is 380 g/mol. The molecule has 1 heterocycles. The van der Waals surface area contributed by atoms with E-state index in [4.69, 9.17) is 4.74 Å². The van der Waals surface area contributed by atoms with Crippen molar-refractivity contribution in [2.24, 2.45) is 0 Å². The number of hydrogen-bond donors (Lipinski definition) is 0. The molecule has 0 aliphatic rings. The third-order valence-corrected chi connectivity index (χ3v) is 5.29. The minimum absolute atomic E-state index is 0.638. The smallest absolute Gasteiger partial charge is 0.119 e. The summed E-state index contributed by atoms with van der Waals surface area (Å²) >= 11 is 0. The van der Waals surface area contributed by atoms with E-state index in [1.54, 1.807) is 12.4 Å². The van der Waals surface area contributed by atoms with Crippen molar-refractivity contribution >= 4 is 11.6 Å². The van der Waals surface area contributed by atoms with E-state index in [2.05, 4.69) is 30.1 Å². The van der Waals surface area contributed by atoms with Crippen molar-refractivity contribution in [1.82, 2.24) is 4.98 Å². The van der Waals surface area contributed by atoms with Crippen LogP contribution in [0, 0.1) is 11.3 Å². The maximum Gasteiger partial charge on any atom is 0.119 e. The monoisotopic (exact) mass is 410 g/mol. The maximum absolute atomic E-state index is 9.65. The number of aromatic nitrogens is 1. The summed E-state index contributed by atoms with van der Waals surface area (Å²) in [5.41, 5.74) is 4.79. The molecule has 3 heteroatoms. The second kappa shape index (κ2) is 12.3. The van der Waals surface area contributed by atoms with Crippen LogP contribution < -0.4 is 4.74 Å². The quantitative estimate of drug-likeness (QED) is 0.186.